The highest BCUT2D eigenvalue weighted by Crippen LogP contribution is 2.37. The van der Waals surface area contributed by atoms with Gasteiger partial charge in [-0.2, -0.15) is 26.3 Å². The van der Waals surface area contributed by atoms with Crippen LogP contribution in [0.25, 0.3) is 11.1 Å². The lowest BCUT2D eigenvalue weighted by Gasteiger charge is -2.35. The lowest BCUT2D eigenvalue weighted by atomic mass is 9.91. The smallest absolute Gasteiger partial charge is 0.418 e. The monoisotopic (exact) mass is 1510 g/mol. The van der Waals surface area contributed by atoms with Crippen LogP contribution < -0.4 is 47.7 Å². The Morgan fingerprint density at radius 2 is 1.08 bits per heavy atom. The lowest BCUT2D eigenvalue weighted by molar-refractivity contribution is -0.139. The Hall–Kier alpha value is -11.9. The van der Waals surface area contributed by atoms with Crippen molar-refractivity contribution in [1.29, 1.82) is 0 Å². The van der Waals surface area contributed by atoms with E-state index in [0.717, 1.165) is 130 Å². The van der Waals surface area contributed by atoms with E-state index in [1.807, 2.05) is 105 Å². The molecule has 576 valence electrons. The first-order valence-electron chi connectivity index (χ1n) is 36.5. The van der Waals surface area contributed by atoms with Crippen molar-refractivity contribution < 1.29 is 50.3 Å². The first kappa shape index (κ1) is 81.7. The number of halogens is 6. The number of ether oxygens (including phenoxy) is 1. The summed E-state index contributed by atoms with van der Waals surface area (Å²) in [5.41, 5.74) is 20.2. The summed E-state index contributed by atoms with van der Waals surface area (Å²) in [6.07, 6.45) is 1.39. The molecule has 0 bridgehead atoms. The van der Waals surface area contributed by atoms with Gasteiger partial charge in [0.25, 0.3) is 0 Å². The van der Waals surface area contributed by atoms with Crippen molar-refractivity contribution in [3.8, 4) is 28.8 Å². The van der Waals surface area contributed by atoms with Gasteiger partial charge in [-0.3, -0.25) is 29.1 Å². The molecular weight excluding hydrogens is 1430 g/mol. The third-order valence-corrected chi connectivity index (χ3v) is 18.8. The average molecular weight is 1520 g/mol. The number of nitrogens with zero attached hydrogens (tertiary/aromatic N) is 10. The van der Waals surface area contributed by atoms with Gasteiger partial charge in [-0.1, -0.05) is 100 Å². The number of anilines is 5. The van der Waals surface area contributed by atoms with Gasteiger partial charge >= 0.3 is 12.4 Å². The Balaban J connectivity index is 0.000000158. The van der Waals surface area contributed by atoms with Gasteiger partial charge in [0.15, 0.2) is 0 Å². The molecule has 2 aliphatic heterocycles. The van der Waals surface area contributed by atoms with Crippen molar-refractivity contribution in [3.05, 3.63) is 261 Å². The second kappa shape index (κ2) is 38.0. The zero-order valence-electron chi connectivity index (χ0n) is 62.4. The number of hydrogen-bond acceptors (Lipinski definition) is 21. The molecule has 1 saturated carbocycles. The third-order valence-electron chi connectivity index (χ3n) is 18.8. The maximum atomic E-state index is 13.6. The zero-order chi connectivity index (χ0) is 79.4. The number of hydrogen-bond donors (Lipinski definition) is 6. The number of carbonyl (C=O) groups excluding carboxylic acids is 4. The molecule has 111 heavy (non-hydrogen) atoms. The van der Waals surface area contributed by atoms with Crippen LogP contribution in [0.15, 0.2) is 183 Å². The predicted molar refractivity (Wildman–Crippen MR) is 417 cm³/mol. The average Bonchev–Trinajstić information content (AvgIpc) is 0.802. The number of pyridine rings is 8. The molecular formula is C84H88F6N16O5. The van der Waals surface area contributed by atoms with Crippen molar-refractivity contribution in [2.75, 3.05) is 79.0 Å². The fourth-order valence-electron chi connectivity index (χ4n) is 13.0. The maximum absolute atomic E-state index is 13.6. The van der Waals surface area contributed by atoms with Crippen molar-refractivity contribution in [3.63, 3.8) is 0 Å². The molecule has 21 nitrogen and oxygen atoms in total. The molecule has 9 N–H and O–H groups in total. The van der Waals surface area contributed by atoms with Crippen LogP contribution in [0.1, 0.15) is 164 Å². The van der Waals surface area contributed by atoms with E-state index in [2.05, 4.69) is 86.3 Å². The summed E-state index contributed by atoms with van der Waals surface area (Å²) in [5, 5.41) is 9.98. The third kappa shape index (κ3) is 21.6. The summed E-state index contributed by atoms with van der Waals surface area (Å²) in [4.78, 5) is 89.9. The van der Waals surface area contributed by atoms with E-state index in [0.29, 0.717) is 45.7 Å². The van der Waals surface area contributed by atoms with Crippen LogP contribution in [0.2, 0.25) is 0 Å². The number of nitrogens with one attached hydrogen (secondary N) is 3. The van der Waals surface area contributed by atoms with E-state index >= 15 is 0 Å². The van der Waals surface area contributed by atoms with Gasteiger partial charge in [0.1, 0.15) is 51.9 Å². The molecule has 3 unspecified atom stereocenters. The predicted octanol–water partition coefficient (Wildman–Crippen LogP) is 13.8. The second-order valence-electron chi connectivity index (χ2n) is 27.3. The van der Waals surface area contributed by atoms with Gasteiger partial charge in [-0.15, -0.1) is 5.92 Å². The summed E-state index contributed by atoms with van der Waals surface area (Å²) >= 11 is 0. The summed E-state index contributed by atoms with van der Waals surface area (Å²) < 4.78 is 86.1. The van der Waals surface area contributed by atoms with Crippen molar-refractivity contribution in [1.82, 2.24) is 50.5 Å². The van der Waals surface area contributed by atoms with E-state index in [1.165, 1.54) is 42.7 Å². The molecule has 3 aliphatic rings. The highest BCUT2D eigenvalue weighted by Gasteiger charge is 2.39. The quantitative estimate of drug-likeness (QED) is 0.0249. The summed E-state index contributed by atoms with van der Waals surface area (Å²) in [5.74, 6) is 6.15. The zero-order valence-corrected chi connectivity index (χ0v) is 62.4. The number of aryl methyl sites for hydroxylation is 2. The minimum Gasteiger partial charge on any atom is -0.477 e. The molecule has 2 saturated heterocycles. The Bertz CT molecular complexity index is 4940. The summed E-state index contributed by atoms with van der Waals surface area (Å²) in [6.45, 7) is 18.0. The second-order valence-corrected chi connectivity index (χ2v) is 27.3. The molecule has 27 heteroatoms. The number of alkyl halides is 6. The van der Waals surface area contributed by atoms with Crippen molar-refractivity contribution in [2.45, 2.75) is 110 Å². The number of rotatable bonds is 19. The van der Waals surface area contributed by atoms with Crippen molar-refractivity contribution >= 4 is 52.2 Å². The Kier molecular flexibility index (Phi) is 27.9. The van der Waals surface area contributed by atoms with Crippen LogP contribution >= 0.6 is 0 Å². The SMILES string of the molecule is CC#Cc1ccc(N2CCNCC2)nc1C(=O)c1cccnc1N.Cc1ncccc1C(=O)c1nc(N2CCN[C@@H](CC(C)C)C2)ccc1-c1ccccc1.Cc1ncccc1C(=O)c1nc(OCC(C)c2ccccc2)ccc1C(F)(F)F.Nc1ncccc1C(=O)c1nc(NC2CCCCC2N)ccc1C(F)(F)F. The van der Waals surface area contributed by atoms with Crippen LogP contribution in [0.3, 0.4) is 0 Å². The van der Waals surface area contributed by atoms with E-state index in [9.17, 15) is 45.5 Å². The molecule has 8 aromatic heterocycles. The van der Waals surface area contributed by atoms with Gasteiger partial charge < -0.3 is 47.7 Å². The number of ketones is 4. The highest BCUT2D eigenvalue weighted by molar-refractivity contribution is 6.14. The topological polar surface area (TPSA) is 301 Å². The normalized spacial score (nSPS) is 15.8. The Morgan fingerprint density at radius 3 is 1.66 bits per heavy atom. The van der Waals surface area contributed by atoms with Crippen LogP contribution in [-0.4, -0.2) is 134 Å². The molecule has 13 rings (SSSR count). The van der Waals surface area contributed by atoms with Gasteiger partial charge in [-0.05, 0) is 148 Å². The number of carbonyl (C=O) groups is 4. The molecule has 0 amide bonds. The summed E-state index contributed by atoms with van der Waals surface area (Å²) in [6, 6.07) is 44.3. The molecule has 1 aliphatic carbocycles. The minimum atomic E-state index is -4.73. The minimum absolute atomic E-state index is 0.0000111. The van der Waals surface area contributed by atoms with Gasteiger partial charge in [0.2, 0.25) is 29.0 Å². The number of aromatic nitrogens is 8. The molecule has 2 aromatic carbocycles. The Morgan fingerprint density at radius 1 is 0.568 bits per heavy atom. The van der Waals surface area contributed by atoms with Gasteiger partial charge in [0, 0.05) is 129 Å². The lowest BCUT2D eigenvalue weighted by Crippen LogP contribution is -2.51. The molecule has 3 fully saturated rings. The Labute approximate surface area is 640 Å². The van der Waals surface area contributed by atoms with E-state index in [1.54, 1.807) is 44.4 Å². The number of nitrogen functional groups attached to an aromatic ring is 2. The van der Waals surface area contributed by atoms with Crippen molar-refractivity contribution in [2.24, 2.45) is 11.7 Å². The van der Waals surface area contributed by atoms with E-state index < -0.39 is 46.4 Å². The van der Waals surface area contributed by atoms with Crippen LogP contribution in [0.5, 0.6) is 5.88 Å². The highest BCUT2D eigenvalue weighted by atomic mass is 19.4. The standard InChI is InChI=1S/C26H30N4O.C22H19F3N2O2.C18H20F3N5O.C18H19N5O/c1-18(2)16-21-17-30(15-14-28-21)24-12-11-23(20-8-5-4-6-9-20)25(29-24)26(31)22-10-7-13-27-19(22)3;1-14(16-7-4-3-5-8-16)13-29-19-11-10-18(22(23,24)25)20(27-19)21(28)17-9-6-12-26-15(17)2;19-18(20,21)11-7-8-14(25-13-6-2-1-5-12(13)22)26-15(11)16(27)10-4-3-9-24-17(10)23;1-2-4-13-6-7-15(23-11-9-20-10-12-23)22-16(13)17(24)14-5-3-8-21-18(14)19/h4-13,18,21,28H,14-17H2,1-3H3;3-12,14H,13H2,1-2H3;3-4,7-9,12-13H,1-2,5-6,22H2,(H2,23,24)(H,25,26);3,5-8,20H,9-12H2,1H3,(H2,19,21)/t21-;;;/m0.../s1. The fraction of sp³-hybridized carbons (Fsp3) is 0.310. The summed E-state index contributed by atoms with van der Waals surface area (Å²) in [7, 11) is 0. The first-order chi connectivity index (χ1) is 53.3. The fourth-order valence-corrected chi connectivity index (χ4v) is 13.0. The van der Waals surface area contributed by atoms with Gasteiger partial charge in [-0.25, -0.2) is 29.9 Å². The largest absolute Gasteiger partial charge is 0.477 e. The first-order valence-corrected chi connectivity index (χ1v) is 36.5. The molecule has 0 spiro atoms. The number of nitrogens with two attached hydrogens (primary N) is 3. The van der Waals surface area contributed by atoms with E-state index in [4.69, 9.17) is 26.9 Å². The van der Waals surface area contributed by atoms with Crippen LogP contribution in [-0.2, 0) is 12.4 Å². The maximum Gasteiger partial charge on any atom is 0.418 e. The van der Waals surface area contributed by atoms with Gasteiger partial charge in [0.05, 0.1) is 34.4 Å². The van der Waals surface area contributed by atoms with Crippen LogP contribution in [0.4, 0.5) is 55.4 Å². The van der Waals surface area contributed by atoms with E-state index in [-0.39, 0.29) is 70.6 Å². The van der Waals surface area contributed by atoms with Crippen LogP contribution in [0, 0.1) is 31.6 Å². The molecule has 10 heterocycles. The molecule has 4 atom stereocenters. The number of benzene rings is 2. The molecule has 0 radical (unpaired) electrons. The molecule has 10 aromatic rings. The number of piperazine rings is 2.